The Bertz CT molecular complexity index is 421. The van der Waals surface area contributed by atoms with Crippen LogP contribution < -0.4 is 5.32 Å². The highest BCUT2D eigenvalue weighted by atomic mass is 32.1. The molecular formula is C12H16N2S. The Kier molecular flexibility index (Phi) is 2.65. The third kappa shape index (κ3) is 2.69. The highest BCUT2D eigenvalue weighted by Crippen LogP contribution is 2.26. The lowest BCUT2D eigenvalue weighted by Crippen LogP contribution is -2.18. The normalized spacial score (nSPS) is 11.9. The second-order valence-corrected chi connectivity index (χ2v) is 5.93. The maximum atomic E-state index is 4.52. The number of anilines is 1. The fourth-order valence-electron chi connectivity index (χ4n) is 1.29. The predicted molar refractivity (Wildman–Crippen MR) is 67.6 cm³/mol. The zero-order chi connectivity index (χ0) is 10.9. The molecule has 15 heavy (non-hydrogen) atoms. The molecule has 0 radical (unpaired) electrons. The van der Waals surface area contributed by atoms with Crippen LogP contribution in [0.5, 0.6) is 0 Å². The quantitative estimate of drug-likeness (QED) is 0.833. The van der Waals surface area contributed by atoms with Crippen molar-refractivity contribution in [2.45, 2.75) is 20.8 Å². The van der Waals surface area contributed by atoms with Crippen LogP contribution in [-0.2, 0) is 0 Å². The van der Waals surface area contributed by atoms with Gasteiger partial charge in [0, 0.05) is 6.54 Å². The molecule has 0 atom stereocenters. The van der Waals surface area contributed by atoms with Crippen LogP contribution >= 0.6 is 11.3 Å². The van der Waals surface area contributed by atoms with E-state index in [-0.39, 0.29) is 5.41 Å². The molecule has 1 heterocycles. The average Bonchev–Trinajstić information content (AvgIpc) is 2.56. The van der Waals surface area contributed by atoms with Crippen molar-refractivity contribution in [2.24, 2.45) is 5.41 Å². The zero-order valence-corrected chi connectivity index (χ0v) is 10.2. The second-order valence-electron chi connectivity index (χ2n) is 4.90. The summed E-state index contributed by atoms with van der Waals surface area (Å²) in [6.07, 6.45) is 0. The average molecular weight is 220 g/mol. The van der Waals surface area contributed by atoms with Gasteiger partial charge in [-0.2, -0.15) is 0 Å². The summed E-state index contributed by atoms with van der Waals surface area (Å²) in [7, 11) is 0. The number of rotatable bonds is 2. The molecule has 80 valence electrons. The van der Waals surface area contributed by atoms with Gasteiger partial charge < -0.3 is 5.32 Å². The van der Waals surface area contributed by atoms with Crippen molar-refractivity contribution >= 4 is 26.7 Å². The Balaban J connectivity index is 2.16. The van der Waals surface area contributed by atoms with Crippen LogP contribution in [0.3, 0.4) is 0 Å². The minimum absolute atomic E-state index is 0.290. The Labute approximate surface area is 94.3 Å². The SMILES string of the molecule is CC(C)(C)CNc1nc2ccccc2s1. The monoisotopic (exact) mass is 220 g/mol. The molecule has 0 fully saturated rings. The molecule has 2 nitrogen and oxygen atoms in total. The standard InChI is InChI=1S/C12H16N2S/c1-12(2,3)8-13-11-14-9-6-4-5-7-10(9)15-11/h4-7H,8H2,1-3H3,(H,13,14). The number of thiazole rings is 1. The molecule has 2 aromatic rings. The molecule has 0 saturated carbocycles. The smallest absolute Gasteiger partial charge is 0.183 e. The Hall–Kier alpha value is -1.09. The molecule has 0 aliphatic carbocycles. The molecule has 0 aliphatic heterocycles. The van der Waals surface area contributed by atoms with Crippen molar-refractivity contribution in [1.29, 1.82) is 0 Å². The van der Waals surface area contributed by atoms with E-state index >= 15 is 0 Å². The predicted octanol–water partition coefficient (Wildman–Crippen LogP) is 3.75. The lowest BCUT2D eigenvalue weighted by molar-refractivity contribution is 0.443. The van der Waals surface area contributed by atoms with Crippen molar-refractivity contribution in [1.82, 2.24) is 4.98 Å². The van der Waals surface area contributed by atoms with E-state index in [9.17, 15) is 0 Å². The molecule has 1 aromatic heterocycles. The van der Waals surface area contributed by atoms with Gasteiger partial charge in [0.1, 0.15) is 0 Å². The van der Waals surface area contributed by atoms with Crippen LogP contribution in [0.1, 0.15) is 20.8 Å². The minimum Gasteiger partial charge on any atom is -0.361 e. The van der Waals surface area contributed by atoms with Gasteiger partial charge in [0.15, 0.2) is 5.13 Å². The van der Waals surface area contributed by atoms with E-state index in [2.05, 4.69) is 37.1 Å². The van der Waals surface area contributed by atoms with E-state index < -0.39 is 0 Å². The van der Waals surface area contributed by atoms with Gasteiger partial charge in [0.05, 0.1) is 10.2 Å². The van der Waals surface area contributed by atoms with Gasteiger partial charge in [-0.25, -0.2) is 4.98 Å². The number of aromatic nitrogens is 1. The minimum atomic E-state index is 0.290. The molecule has 1 N–H and O–H groups in total. The first-order valence-corrected chi connectivity index (χ1v) is 5.96. The second kappa shape index (κ2) is 3.81. The van der Waals surface area contributed by atoms with Gasteiger partial charge in [0.25, 0.3) is 0 Å². The summed E-state index contributed by atoms with van der Waals surface area (Å²) in [4.78, 5) is 4.52. The number of benzene rings is 1. The van der Waals surface area contributed by atoms with Crippen molar-refractivity contribution in [2.75, 3.05) is 11.9 Å². The summed E-state index contributed by atoms with van der Waals surface area (Å²) in [5.41, 5.74) is 1.37. The van der Waals surface area contributed by atoms with Gasteiger partial charge >= 0.3 is 0 Å². The van der Waals surface area contributed by atoms with E-state index in [0.717, 1.165) is 17.2 Å². The summed E-state index contributed by atoms with van der Waals surface area (Å²) < 4.78 is 1.24. The number of fused-ring (bicyclic) bond motifs is 1. The molecule has 2 rings (SSSR count). The van der Waals surface area contributed by atoms with Gasteiger partial charge in [-0.15, -0.1) is 0 Å². The van der Waals surface area contributed by atoms with Crippen LogP contribution in [0.25, 0.3) is 10.2 Å². The molecule has 0 aliphatic rings. The number of hydrogen-bond acceptors (Lipinski definition) is 3. The zero-order valence-electron chi connectivity index (χ0n) is 9.37. The topological polar surface area (TPSA) is 24.9 Å². The number of para-hydroxylation sites is 1. The molecule has 3 heteroatoms. The lowest BCUT2D eigenvalue weighted by atomic mass is 9.97. The molecule has 1 aromatic carbocycles. The van der Waals surface area contributed by atoms with Crippen LogP contribution in [0.2, 0.25) is 0 Å². The largest absolute Gasteiger partial charge is 0.361 e. The summed E-state index contributed by atoms with van der Waals surface area (Å²) in [5.74, 6) is 0. The van der Waals surface area contributed by atoms with Crippen molar-refractivity contribution < 1.29 is 0 Å². The number of nitrogens with one attached hydrogen (secondary N) is 1. The third-order valence-electron chi connectivity index (χ3n) is 2.06. The van der Waals surface area contributed by atoms with Crippen LogP contribution in [0, 0.1) is 5.41 Å². The summed E-state index contributed by atoms with van der Waals surface area (Å²) in [6, 6.07) is 8.23. The molecule has 0 saturated heterocycles. The van der Waals surface area contributed by atoms with E-state index in [1.165, 1.54) is 4.70 Å². The van der Waals surface area contributed by atoms with Crippen molar-refractivity contribution in [3.05, 3.63) is 24.3 Å². The molecular weight excluding hydrogens is 204 g/mol. The fourth-order valence-corrected chi connectivity index (χ4v) is 2.15. The molecule has 0 spiro atoms. The lowest BCUT2D eigenvalue weighted by Gasteiger charge is -2.17. The van der Waals surface area contributed by atoms with Gasteiger partial charge in [-0.3, -0.25) is 0 Å². The Morgan fingerprint density at radius 2 is 2.00 bits per heavy atom. The number of nitrogens with zero attached hydrogens (tertiary/aromatic N) is 1. The van der Waals surface area contributed by atoms with Gasteiger partial charge in [0.2, 0.25) is 0 Å². The van der Waals surface area contributed by atoms with Crippen LogP contribution in [0.15, 0.2) is 24.3 Å². The van der Waals surface area contributed by atoms with E-state index in [4.69, 9.17) is 0 Å². The highest BCUT2D eigenvalue weighted by Gasteiger charge is 2.10. The first-order chi connectivity index (χ1) is 7.04. The maximum Gasteiger partial charge on any atom is 0.183 e. The first kappa shape index (κ1) is 10.4. The number of hydrogen-bond donors (Lipinski definition) is 1. The van der Waals surface area contributed by atoms with Crippen molar-refractivity contribution in [3.63, 3.8) is 0 Å². The highest BCUT2D eigenvalue weighted by molar-refractivity contribution is 7.22. The van der Waals surface area contributed by atoms with E-state index in [1.807, 2.05) is 18.2 Å². The Morgan fingerprint density at radius 3 is 2.67 bits per heavy atom. The van der Waals surface area contributed by atoms with Crippen LogP contribution in [-0.4, -0.2) is 11.5 Å². The fraction of sp³-hybridized carbons (Fsp3) is 0.417. The van der Waals surface area contributed by atoms with E-state index in [1.54, 1.807) is 11.3 Å². The summed E-state index contributed by atoms with van der Waals surface area (Å²) in [5, 5.41) is 4.40. The molecule has 0 bridgehead atoms. The summed E-state index contributed by atoms with van der Waals surface area (Å²) >= 11 is 1.72. The van der Waals surface area contributed by atoms with Crippen molar-refractivity contribution in [3.8, 4) is 0 Å². The first-order valence-electron chi connectivity index (χ1n) is 5.14. The Morgan fingerprint density at radius 1 is 1.27 bits per heavy atom. The van der Waals surface area contributed by atoms with E-state index in [0.29, 0.717) is 0 Å². The third-order valence-corrected chi connectivity index (χ3v) is 3.06. The molecule has 0 unspecified atom stereocenters. The maximum absolute atomic E-state index is 4.52. The molecule has 0 amide bonds. The summed E-state index contributed by atoms with van der Waals surface area (Å²) in [6.45, 7) is 7.60. The van der Waals surface area contributed by atoms with Crippen LogP contribution in [0.4, 0.5) is 5.13 Å². The van der Waals surface area contributed by atoms with Gasteiger partial charge in [-0.1, -0.05) is 44.2 Å². The van der Waals surface area contributed by atoms with Gasteiger partial charge in [-0.05, 0) is 17.5 Å².